The van der Waals surface area contributed by atoms with Crippen LogP contribution in [0.25, 0.3) is 11.4 Å². The first-order valence-electron chi connectivity index (χ1n) is 10.0. The molecule has 4 rings (SSSR count). The summed E-state index contributed by atoms with van der Waals surface area (Å²) >= 11 is 1.68. The summed E-state index contributed by atoms with van der Waals surface area (Å²) in [6.45, 7) is 8.66. The highest BCUT2D eigenvalue weighted by Gasteiger charge is 2.25. The van der Waals surface area contributed by atoms with Gasteiger partial charge >= 0.3 is 0 Å². The third-order valence-electron chi connectivity index (χ3n) is 5.38. The number of hydrogen-bond acceptors (Lipinski definition) is 5. The van der Waals surface area contributed by atoms with Crippen LogP contribution in [0.1, 0.15) is 69.5 Å². The van der Waals surface area contributed by atoms with Crippen LogP contribution < -0.4 is 0 Å². The Bertz CT molecular complexity index is 930. The molecule has 3 aromatic rings. The van der Waals surface area contributed by atoms with Crippen LogP contribution >= 0.6 is 11.8 Å². The van der Waals surface area contributed by atoms with Crippen molar-refractivity contribution in [3.63, 3.8) is 0 Å². The predicted molar refractivity (Wildman–Crippen MR) is 112 cm³/mol. The first-order chi connectivity index (χ1) is 13.4. The maximum atomic E-state index is 5.36. The number of hydrogen-bond donors (Lipinski definition) is 0. The van der Waals surface area contributed by atoms with Crippen LogP contribution in [-0.4, -0.2) is 19.9 Å². The molecule has 2 heterocycles. The maximum absolute atomic E-state index is 5.36. The molecular weight excluding hydrogens is 368 g/mol. The SMILES string of the molecule is Cc1cc(CSc2nnc(-c3ccc(C(C)(C)C)cc3)n2C2CCCC2)on1. The monoisotopic (exact) mass is 396 g/mol. The van der Waals surface area contributed by atoms with E-state index >= 15 is 0 Å². The molecule has 28 heavy (non-hydrogen) atoms. The van der Waals surface area contributed by atoms with Gasteiger partial charge in [0, 0.05) is 17.7 Å². The lowest BCUT2D eigenvalue weighted by molar-refractivity contribution is 0.390. The molecule has 148 valence electrons. The summed E-state index contributed by atoms with van der Waals surface area (Å²) in [5.41, 5.74) is 3.52. The number of nitrogens with zero attached hydrogens (tertiary/aromatic N) is 4. The number of aryl methyl sites for hydroxylation is 1. The number of aromatic nitrogens is 4. The molecule has 0 unspecified atom stereocenters. The van der Waals surface area contributed by atoms with Crippen molar-refractivity contribution in [2.75, 3.05) is 0 Å². The van der Waals surface area contributed by atoms with Crippen LogP contribution in [0.5, 0.6) is 0 Å². The topological polar surface area (TPSA) is 56.7 Å². The van der Waals surface area contributed by atoms with Crippen molar-refractivity contribution in [2.45, 2.75) is 75.7 Å². The normalized spacial score (nSPS) is 15.4. The molecule has 0 N–H and O–H groups in total. The zero-order valence-electron chi connectivity index (χ0n) is 17.1. The van der Waals surface area contributed by atoms with E-state index in [0.29, 0.717) is 11.8 Å². The molecule has 0 spiro atoms. The van der Waals surface area contributed by atoms with Gasteiger partial charge in [-0.2, -0.15) is 0 Å². The van der Waals surface area contributed by atoms with E-state index in [2.05, 4.69) is 65.0 Å². The van der Waals surface area contributed by atoms with Crippen molar-refractivity contribution >= 4 is 11.8 Å². The van der Waals surface area contributed by atoms with Gasteiger partial charge in [0.05, 0.1) is 11.4 Å². The Morgan fingerprint density at radius 1 is 1.11 bits per heavy atom. The summed E-state index contributed by atoms with van der Waals surface area (Å²) in [7, 11) is 0. The molecule has 0 bridgehead atoms. The largest absolute Gasteiger partial charge is 0.360 e. The molecule has 1 fully saturated rings. The van der Waals surface area contributed by atoms with Gasteiger partial charge < -0.3 is 4.52 Å². The number of rotatable bonds is 5. The lowest BCUT2D eigenvalue weighted by atomic mass is 9.86. The van der Waals surface area contributed by atoms with Crippen LogP contribution in [-0.2, 0) is 11.2 Å². The van der Waals surface area contributed by atoms with Crippen molar-refractivity contribution in [3.8, 4) is 11.4 Å². The Morgan fingerprint density at radius 2 is 1.82 bits per heavy atom. The molecule has 6 heteroatoms. The van der Waals surface area contributed by atoms with Crippen LogP contribution in [0.4, 0.5) is 0 Å². The van der Waals surface area contributed by atoms with Gasteiger partial charge in [0.1, 0.15) is 5.76 Å². The molecule has 2 aromatic heterocycles. The molecule has 1 saturated carbocycles. The summed E-state index contributed by atoms with van der Waals surface area (Å²) < 4.78 is 7.71. The van der Waals surface area contributed by atoms with Gasteiger partial charge in [-0.25, -0.2) is 0 Å². The van der Waals surface area contributed by atoms with Crippen LogP contribution in [0.15, 0.2) is 40.0 Å². The molecule has 0 saturated heterocycles. The molecule has 1 aliphatic rings. The van der Waals surface area contributed by atoms with Gasteiger partial charge in [0.15, 0.2) is 11.0 Å². The number of thioether (sulfide) groups is 1. The quantitative estimate of drug-likeness (QED) is 0.499. The highest BCUT2D eigenvalue weighted by atomic mass is 32.2. The number of benzene rings is 1. The summed E-state index contributed by atoms with van der Waals surface area (Å²) in [4.78, 5) is 0. The van der Waals surface area contributed by atoms with Gasteiger partial charge in [-0.15, -0.1) is 10.2 Å². The third kappa shape index (κ3) is 4.02. The smallest absolute Gasteiger partial charge is 0.192 e. The Labute approximate surface area is 170 Å². The lowest BCUT2D eigenvalue weighted by Gasteiger charge is -2.20. The van der Waals surface area contributed by atoms with Crippen molar-refractivity contribution < 1.29 is 4.52 Å². The Morgan fingerprint density at radius 3 is 2.43 bits per heavy atom. The highest BCUT2D eigenvalue weighted by molar-refractivity contribution is 7.98. The minimum absolute atomic E-state index is 0.147. The van der Waals surface area contributed by atoms with Crippen molar-refractivity contribution in [1.82, 2.24) is 19.9 Å². The molecular formula is C22H28N4OS. The van der Waals surface area contributed by atoms with Crippen molar-refractivity contribution in [1.29, 1.82) is 0 Å². The zero-order valence-corrected chi connectivity index (χ0v) is 17.9. The van der Waals surface area contributed by atoms with E-state index in [4.69, 9.17) is 4.52 Å². The molecule has 0 radical (unpaired) electrons. The van der Waals surface area contributed by atoms with Crippen molar-refractivity contribution in [3.05, 3.63) is 47.3 Å². The van der Waals surface area contributed by atoms with E-state index < -0.39 is 0 Å². The summed E-state index contributed by atoms with van der Waals surface area (Å²) in [5.74, 6) is 2.57. The molecule has 0 aliphatic heterocycles. The first-order valence-corrected chi connectivity index (χ1v) is 11.0. The molecule has 0 atom stereocenters. The minimum atomic E-state index is 0.147. The van der Waals surface area contributed by atoms with Gasteiger partial charge in [0.25, 0.3) is 0 Å². The van der Waals surface area contributed by atoms with Crippen molar-refractivity contribution in [2.24, 2.45) is 0 Å². The fourth-order valence-corrected chi connectivity index (χ4v) is 4.68. The average Bonchev–Trinajstić information content (AvgIpc) is 3.39. The summed E-state index contributed by atoms with van der Waals surface area (Å²) in [6, 6.07) is 11.3. The van der Waals surface area contributed by atoms with E-state index in [1.165, 1.54) is 31.2 Å². The molecule has 1 aromatic carbocycles. The predicted octanol–water partition coefficient (Wildman–Crippen LogP) is 5.95. The van der Waals surface area contributed by atoms with Gasteiger partial charge in [0.2, 0.25) is 0 Å². The van der Waals surface area contributed by atoms with Crippen LogP contribution in [0.3, 0.4) is 0 Å². The minimum Gasteiger partial charge on any atom is -0.360 e. The Balaban J connectivity index is 1.64. The molecule has 0 amide bonds. The second kappa shape index (κ2) is 7.74. The Kier molecular flexibility index (Phi) is 5.32. The van der Waals surface area contributed by atoms with E-state index in [-0.39, 0.29) is 5.41 Å². The van der Waals surface area contributed by atoms with Crippen LogP contribution in [0.2, 0.25) is 0 Å². The second-order valence-corrected chi connectivity index (χ2v) is 9.61. The van der Waals surface area contributed by atoms with Gasteiger partial charge in [-0.05, 0) is 30.7 Å². The molecule has 1 aliphatic carbocycles. The fourth-order valence-electron chi connectivity index (χ4n) is 3.80. The Hall–Kier alpha value is -2.08. The standard InChI is InChI=1S/C22H28N4OS/c1-15-13-19(27-25-15)14-28-21-24-23-20(26(21)18-7-5-6-8-18)16-9-11-17(12-10-16)22(2,3)4/h9-13,18H,5-8,14H2,1-4H3. The van der Waals surface area contributed by atoms with E-state index in [9.17, 15) is 0 Å². The van der Waals surface area contributed by atoms with Crippen LogP contribution in [0, 0.1) is 6.92 Å². The van der Waals surface area contributed by atoms with E-state index in [1.807, 2.05) is 13.0 Å². The lowest BCUT2D eigenvalue weighted by Crippen LogP contribution is -2.11. The summed E-state index contributed by atoms with van der Waals surface area (Å²) in [6.07, 6.45) is 4.94. The zero-order chi connectivity index (χ0) is 19.7. The fraction of sp³-hybridized carbons (Fsp3) is 0.500. The highest BCUT2D eigenvalue weighted by Crippen LogP contribution is 2.37. The maximum Gasteiger partial charge on any atom is 0.192 e. The van der Waals surface area contributed by atoms with Gasteiger partial charge in [-0.3, -0.25) is 4.57 Å². The average molecular weight is 397 g/mol. The van der Waals surface area contributed by atoms with Gasteiger partial charge in [-0.1, -0.05) is 74.8 Å². The van der Waals surface area contributed by atoms with E-state index in [0.717, 1.165) is 28.0 Å². The van der Waals surface area contributed by atoms with E-state index in [1.54, 1.807) is 11.8 Å². The first kappa shape index (κ1) is 19.2. The summed E-state index contributed by atoms with van der Waals surface area (Å²) in [5, 5.41) is 14.1. The molecule has 5 nitrogen and oxygen atoms in total. The third-order valence-corrected chi connectivity index (χ3v) is 6.35. The second-order valence-electron chi connectivity index (χ2n) is 8.67.